The highest BCUT2D eigenvalue weighted by molar-refractivity contribution is 5.79. The third-order valence-electron chi connectivity index (χ3n) is 9.42. The number of carbonyl (C=O) groups is 2. The van der Waals surface area contributed by atoms with Crippen molar-refractivity contribution in [3.63, 3.8) is 0 Å². The molecule has 4 unspecified atom stereocenters. The van der Waals surface area contributed by atoms with Crippen LogP contribution in [0.5, 0.6) is 0 Å². The zero-order valence-corrected chi connectivity index (χ0v) is 20.7. The number of hydrogen-bond acceptors (Lipinski definition) is 5. The maximum atomic E-state index is 13.5. The Labute approximate surface area is 199 Å². The molecule has 7 nitrogen and oxygen atoms in total. The van der Waals surface area contributed by atoms with Crippen molar-refractivity contribution < 1.29 is 14.3 Å². The van der Waals surface area contributed by atoms with Gasteiger partial charge in [-0.2, -0.15) is 0 Å². The molecule has 1 N–H and O–H groups in total. The van der Waals surface area contributed by atoms with Crippen molar-refractivity contribution in [1.82, 2.24) is 20.2 Å². The highest BCUT2D eigenvalue weighted by Gasteiger charge is 2.48. The van der Waals surface area contributed by atoms with E-state index >= 15 is 0 Å². The van der Waals surface area contributed by atoms with E-state index in [1.54, 1.807) is 6.92 Å². The van der Waals surface area contributed by atoms with Crippen molar-refractivity contribution in [3.8, 4) is 0 Å². The lowest BCUT2D eigenvalue weighted by Crippen LogP contribution is -2.67. The maximum absolute atomic E-state index is 13.5. The van der Waals surface area contributed by atoms with E-state index in [0.717, 1.165) is 58.4 Å². The molecule has 2 saturated carbocycles. The van der Waals surface area contributed by atoms with E-state index in [-0.39, 0.29) is 24.0 Å². The molecule has 5 fully saturated rings. The standard InChI is InChI=1S/C26H44N4O3/c1-18-16-28(26(32)13-20-5-3-4-6-20)25-14-21(7-8-24(25)30(18)19(2)31)22-15-27-29(17-22)23-9-11-33-12-10-23/h18,20-25,27H,3-17H2,1-2H3/t18-,21?,22?,24?,25?/m0/s1. The predicted molar refractivity (Wildman–Crippen MR) is 127 cm³/mol. The summed E-state index contributed by atoms with van der Waals surface area (Å²) < 4.78 is 5.56. The number of fused-ring (bicyclic) bond motifs is 1. The topological polar surface area (TPSA) is 65.1 Å². The molecule has 2 aliphatic carbocycles. The van der Waals surface area contributed by atoms with Gasteiger partial charge in [-0.25, -0.2) is 5.01 Å². The first-order valence-electron chi connectivity index (χ1n) is 13.7. The first-order chi connectivity index (χ1) is 16.0. The lowest BCUT2D eigenvalue weighted by Gasteiger charge is -2.54. The molecule has 0 aromatic carbocycles. The van der Waals surface area contributed by atoms with Gasteiger partial charge in [0, 0.05) is 58.3 Å². The van der Waals surface area contributed by atoms with Gasteiger partial charge in [0.2, 0.25) is 11.8 Å². The Morgan fingerprint density at radius 1 is 0.939 bits per heavy atom. The van der Waals surface area contributed by atoms with E-state index in [1.807, 2.05) is 0 Å². The molecule has 0 spiro atoms. The number of ether oxygens (including phenoxy) is 1. The number of hydrazine groups is 1. The van der Waals surface area contributed by atoms with Gasteiger partial charge in [0.25, 0.3) is 0 Å². The zero-order chi connectivity index (χ0) is 22.9. The molecule has 3 saturated heterocycles. The molecule has 0 aromatic heterocycles. The smallest absolute Gasteiger partial charge is 0.223 e. The van der Waals surface area contributed by atoms with Gasteiger partial charge in [-0.1, -0.05) is 12.8 Å². The molecule has 7 heteroatoms. The Bertz CT molecular complexity index is 706. The second kappa shape index (κ2) is 10.2. The molecule has 0 aromatic rings. The van der Waals surface area contributed by atoms with Crippen LogP contribution in [0.3, 0.4) is 0 Å². The van der Waals surface area contributed by atoms with E-state index in [2.05, 4.69) is 27.2 Å². The number of carbonyl (C=O) groups excluding carboxylic acids is 2. The number of hydrogen-bond donors (Lipinski definition) is 1. The Kier molecular flexibility index (Phi) is 7.29. The van der Waals surface area contributed by atoms with Crippen LogP contribution in [0.1, 0.15) is 78.1 Å². The summed E-state index contributed by atoms with van der Waals surface area (Å²) in [6.07, 6.45) is 11.2. The average Bonchev–Trinajstić information content (AvgIpc) is 3.51. The molecular weight excluding hydrogens is 416 g/mol. The van der Waals surface area contributed by atoms with Crippen LogP contribution in [0.25, 0.3) is 0 Å². The second-order valence-electron chi connectivity index (χ2n) is 11.5. The fraction of sp³-hybridized carbons (Fsp3) is 0.923. The van der Waals surface area contributed by atoms with E-state index in [0.29, 0.717) is 42.7 Å². The van der Waals surface area contributed by atoms with E-state index in [4.69, 9.17) is 4.74 Å². The summed E-state index contributed by atoms with van der Waals surface area (Å²) in [6, 6.07) is 1.09. The fourth-order valence-corrected chi connectivity index (χ4v) is 7.70. The Hall–Kier alpha value is -1.18. The highest BCUT2D eigenvalue weighted by atomic mass is 16.5. The second-order valence-corrected chi connectivity index (χ2v) is 11.5. The minimum atomic E-state index is 0.116. The first-order valence-corrected chi connectivity index (χ1v) is 13.7. The van der Waals surface area contributed by atoms with Gasteiger partial charge in [-0.15, -0.1) is 0 Å². The van der Waals surface area contributed by atoms with Gasteiger partial charge in [0.1, 0.15) is 0 Å². The lowest BCUT2D eigenvalue weighted by molar-refractivity contribution is -0.155. The zero-order valence-electron chi connectivity index (χ0n) is 20.7. The van der Waals surface area contributed by atoms with Crippen molar-refractivity contribution >= 4 is 11.8 Å². The number of nitrogens with zero attached hydrogens (tertiary/aromatic N) is 3. The average molecular weight is 461 g/mol. The summed E-state index contributed by atoms with van der Waals surface area (Å²) in [7, 11) is 0. The van der Waals surface area contributed by atoms with Crippen LogP contribution >= 0.6 is 0 Å². The van der Waals surface area contributed by atoms with Crippen molar-refractivity contribution in [2.75, 3.05) is 32.8 Å². The molecule has 0 radical (unpaired) electrons. The summed E-state index contributed by atoms with van der Waals surface area (Å²) in [5, 5.41) is 2.48. The van der Waals surface area contributed by atoms with Crippen molar-refractivity contribution in [3.05, 3.63) is 0 Å². The molecule has 2 amide bonds. The third-order valence-corrected chi connectivity index (χ3v) is 9.42. The van der Waals surface area contributed by atoms with Gasteiger partial charge in [-0.05, 0) is 69.6 Å². The number of rotatable bonds is 4. The third kappa shape index (κ3) is 4.96. The summed E-state index contributed by atoms with van der Waals surface area (Å²) in [6.45, 7) is 8.44. The first kappa shape index (κ1) is 23.6. The predicted octanol–water partition coefficient (Wildman–Crippen LogP) is 2.80. The highest BCUT2D eigenvalue weighted by Crippen LogP contribution is 2.40. The number of amides is 2. The minimum Gasteiger partial charge on any atom is -0.381 e. The van der Waals surface area contributed by atoms with Crippen LogP contribution in [0, 0.1) is 17.8 Å². The summed E-state index contributed by atoms with van der Waals surface area (Å²) in [5.41, 5.74) is 3.69. The lowest BCUT2D eigenvalue weighted by atomic mass is 9.73. The maximum Gasteiger partial charge on any atom is 0.223 e. The molecule has 186 valence electrons. The molecule has 5 aliphatic rings. The summed E-state index contributed by atoms with van der Waals surface area (Å²) >= 11 is 0. The largest absolute Gasteiger partial charge is 0.381 e. The van der Waals surface area contributed by atoms with Gasteiger partial charge in [0.15, 0.2) is 0 Å². The molecule has 3 heterocycles. The van der Waals surface area contributed by atoms with Gasteiger partial charge in [0.05, 0.1) is 12.1 Å². The molecule has 33 heavy (non-hydrogen) atoms. The normalized spacial score (nSPS) is 36.8. The van der Waals surface area contributed by atoms with Gasteiger partial charge >= 0.3 is 0 Å². The van der Waals surface area contributed by atoms with Crippen LogP contribution in [-0.4, -0.2) is 83.6 Å². The van der Waals surface area contributed by atoms with E-state index in [1.165, 1.54) is 25.7 Å². The molecular formula is C26H44N4O3. The van der Waals surface area contributed by atoms with Gasteiger partial charge in [-0.3, -0.25) is 15.0 Å². The van der Waals surface area contributed by atoms with E-state index < -0.39 is 0 Å². The van der Waals surface area contributed by atoms with Crippen molar-refractivity contribution in [1.29, 1.82) is 0 Å². The molecule has 5 atom stereocenters. The monoisotopic (exact) mass is 460 g/mol. The van der Waals surface area contributed by atoms with E-state index in [9.17, 15) is 9.59 Å². The van der Waals surface area contributed by atoms with Crippen LogP contribution in [0.2, 0.25) is 0 Å². The minimum absolute atomic E-state index is 0.116. The van der Waals surface area contributed by atoms with Crippen molar-refractivity contribution in [2.45, 2.75) is 102 Å². The van der Waals surface area contributed by atoms with Gasteiger partial charge < -0.3 is 14.5 Å². The molecule has 5 rings (SSSR count). The van der Waals surface area contributed by atoms with Crippen LogP contribution in [0.15, 0.2) is 0 Å². The Morgan fingerprint density at radius 3 is 2.42 bits per heavy atom. The summed E-state index contributed by atoms with van der Waals surface area (Å²) in [5.74, 6) is 2.34. The van der Waals surface area contributed by atoms with Crippen LogP contribution in [0.4, 0.5) is 0 Å². The molecule has 3 aliphatic heterocycles. The number of piperazine rings is 1. The quantitative estimate of drug-likeness (QED) is 0.699. The molecule has 0 bridgehead atoms. The van der Waals surface area contributed by atoms with Crippen LogP contribution in [-0.2, 0) is 14.3 Å². The number of nitrogens with one attached hydrogen (secondary N) is 1. The Balaban J connectivity index is 1.27. The summed E-state index contributed by atoms with van der Waals surface area (Å²) in [4.78, 5) is 30.4. The fourth-order valence-electron chi connectivity index (χ4n) is 7.70. The SMILES string of the molecule is CC(=O)N1C2CCC(C3CNN(C4CCOCC4)C3)CC2N(C(=O)CC2CCCC2)C[C@@H]1C. The van der Waals surface area contributed by atoms with Crippen LogP contribution < -0.4 is 5.43 Å². The Morgan fingerprint density at radius 2 is 1.70 bits per heavy atom. The van der Waals surface area contributed by atoms with Crippen molar-refractivity contribution in [2.24, 2.45) is 17.8 Å².